The average Bonchev–Trinajstić information content (AvgIpc) is 3.06. The Morgan fingerprint density at radius 2 is 1.68 bits per heavy atom. The Morgan fingerprint density at radius 3 is 2.41 bits per heavy atom. The number of carbonyl (C=O) groups excluding carboxylic acids is 1. The minimum absolute atomic E-state index is 0.0581. The lowest BCUT2D eigenvalue weighted by molar-refractivity contribution is 0.0958. The van der Waals surface area contributed by atoms with E-state index < -0.39 is 0 Å². The zero-order valence-corrected chi connectivity index (χ0v) is 12.8. The molecule has 1 amide bonds. The van der Waals surface area contributed by atoms with Crippen molar-refractivity contribution in [2.75, 3.05) is 6.54 Å². The van der Waals surface area contributed by atoms with E-state index in [9.17, 15) is 4.79 Å². The van der Waals surface area contributed by atoms with Crippen LogP contribution >= 0.6 is 11.3 Å². The number of aromatic nitrogens is 1. The molecular formula is C18H16N2OS. The zero-order chi connectivity index (χ0) is 15.2. The predicted octanol–water partition coefficient (Wildman–Crippen LogP) is 3.78. The van der Waals surface area contributed by atoms with E-state index in [0.29, 0.717) is 11.4 Å². The molecule has 1 aromatic heterocycles. The lowest BCUT2D eigenvalue weighted by atomic mass is 10.1. The van der Waals surface area contributed by atoms with Gasteiger partial charge in [-0.1, -0.05) is 60.7 Å². The Bertz CT molecular complexity index is 738. The first-order valence-electron chi connectivity index (χ1n) is 7.15. The molecule has 3 rings (SSSR count). The fourth-order valence-corrected chi connectivity index (χ4v) is 2.98. The Kier molecular flexibility index (Phi) is 4.61. The first-order valence-corrected chi connectivity index (χ1v) is 8.03. The Balaban J connectivity index is 1.65. The maximum Gasteiger partial charge on any atom is 0.263 e. The molecule has 1 N–H and O–H groups in total. The van der Waals surface area contributed by atoms with E-state index in [2.05, 4.69) is 22.4 Å². The summed E-state index contributed by atoms with van der Waals surface area (Å²) < 4.78 is 0. The first-order chi connectivity index (χ1) is 10.8. The van der Waals surface area contributed by atoms with Gasteiger partial charge >= 0.3 is 0 Å². The second kappa shape index (κ2) is 7.00. The molecule has 0 fully saturated rings. The van der Waals surface area contributed by atoms with E-state index in [1.54, 1.807) is 5.51 Å². The summed E-state index contributed by atoms with van der Waals surface area (Å²) in [6.07, 6.45) is 0.825. The SMILES string of the molecule is O=C(NCCc1ccccc1)c1scnc1-c1ccccc1. The number of benzene rings is 2. The molecule has 2 aromatic carbocycles. The molecule has 0 unspecified atom stereocenters. The highest BCUT2D eigenvalue weighted by Crippen LogP contribution is 2.24. The lowest BCUT2D eigenvalue weighted by Crippen LogP contribution is -2.25. The molecule has 0 bridgehead atoms. The Morgan fingerprint density at radius 1 is 1.00 bits per heavy atom. The van der Waals surface area contributed by atoms with E-state index in [1.807, 2.05) is 48.5 Å². The fourth-order valence-electron chi connectivity index (χ4n) is 2.25. The van der Waals surface area contributed by atoms with Gasteiger partial charge in [-0.15, -0.1) is 11.3 Å². The smallest absolute Gasteiger partial charge is 0.263 e. The van der Waals surface area contributed by atoms with Crippen LogP contribution in [0.1, 0.15) is 15.2 Å². The molecule has 3 nitrogen and oxygen atoms in total. The van der Waals surface area contributed by atoms with Gasteiger partial charge in [0.1, 0.15) is 4.88 Å². The summed E-state index contributed by atoms with van der Waals surface area (Å²) in [6.45, 7) is 0.620. The van der Waals surface area contributed by atoms with Crippen molar-refractivity contribution in [1.82, 2.24) is 10.3 Å². The summed E-state index contributed by atoms with van der Waals surface area (Å²) in [5, 5.41) is 2.98. The molecule has 0 aliphatic rings. The summed E-state index contributed by atoms with van der Waals surface area (Å²) >= 11 is 1.38. The van der Waals surface area contributed by atoms with Crippen molar-refractivity contribution in [3.8, 4) is 11.3 Å². The monoisotopic (exact) mass is 308 g/mol. The molecule has 0 spiro atoms. The van der Waals surface area contributed by atoms with E-state index in [-0.39, 0.29) is 5.91 Å². The third-order valence-electron chi connectivity index (χ3n) is 3.36. The minimum Gasteiger partial charge on any atom is -0.351 e. The van der Waals surface area contributed by atoms with Crippen LogP contribution in [0.15, 0.2) is 66.2 Å². The van der Waals surface area contributed by atoms with Gasteiger partial charge in [-0.2, -0.15) is 0 Å². The van der Waals surface area contributed by atoms with Crippen molar-refractivity contribution in [3.05, 3.63) is 76.6 Å². The predicted molar refractivity (Wildman–Crippen MR) is 90.0 cm³/mol. The molecule has 0 aliphatic carbocycles. The quantitative estimate of drug-likeness (QED) is 0.779. The van der Waals surface area contributed by atoms with Gasteiger partial charge in [0.25, 0.3) is 5.91 Å². The highest BCUT2D eigenvalue weighted by atomic mass is 32.1. The van der Waals surface area contributed by atoms with E-state index >= 15 is 0 Å². The molecule has 0 saturated heterocycles. The summed E-state index contributed by atoms with van der Waals surface area (Å²) in [5.41, 5.74) is 4.66. The molecule has 3 aromatic rings. The highest BCUT2D eigenvalue weighted by Gasteiger charge is 2.15. The van der Waals surface area contributed by atoms with Crippen molar-refractivity contribution in [3.63, 3.8) is 0 Å². The lowest BCUT2D eigenvalue weighted by Gasteiger charge is -2.05. The fraction of sp³-hybridized carbons (Fsp3) is 0.111. The number of nitrogens with zero attached hydrogens (tertiary/aromatic N) is 1. The number of thiazole rings is 1. The van der Waals surface area contributed by atoms with E-state index in [1.165, 1.54) is 16.9 Å². The number of nitrogens with one attached hydrogen (secondary N) is 1. The molecule has 0 aliphatic heterocycles. The van der Waals surface area contributed by atoms with Crippen LogP contribution in [0.5, 0.6) is 0 Å². The Hall–Kier alpha value is -2.46. The second-order valence-corrected chi connectivity index (χ2v) is 5.74. The topological polar surface area (TPSA) is 42.0 Å². The van der Waals surface area contributed by atoms with Crippen LogP contribution < -0.4 is 5.32 Å². The molecule has 0 atom stereocenters. The van der Waals surface area contributed by atoms with E-state index in [0.717, 1.165) is 17.7 Å². The first kappa shape index (κ1) is 14.5. The normalized spacial score (nSPS) is 10.4. The van der Waals surface area contributed by atoms with Crippen molar-refractivity contribution in [2.45, 2.75) is 6.42 Å². The molecular weight excluding hydrogens is 292 g/mol. The number of amides is 1. The maximum atomic E-state index is 12.3. The standard InChI is InChI=1S/C18H16N2OS/c21-18(19-12-11-14-7-3-1-4-8-14)17-16(20-13-22-17)15-9-5-2-6-10-15/h1-10,13H,11-12H2,(H,19,21). The van der Waals surface area contributed by atoms with Crippen LogP contribution in [0, 0.1) is 0 Å². The van der Waals surface area contributed by atoms with E-state index in [4.69, 9.17) is 0 Å². The number of rotatable bonds is 5. The summed E-state index contributed by atoms with van der Waals surface area (Å²) in [5.74, 6) is -0.0581. The van der Waals surface area contributed by atoms with Gasteiger partial charge in [0.15, 0.2) is 0 Å². The van der Waals surface area contributed by atoms with Gasteiger partial charge in [-0.3, -0.25) is 4.79 Å². The third-order valence-corrected chi connectivity index (χ3v) is 4.19. The summed E-state index contributed by atoms with van der Waals surface area (Å²) in [6, 6.07) is 19.9. The average molecular weight is 308 g/mol. The van der Waals surface area contributed by atoms with Gasteiger partial charge in [0.05, 0.1) is 11.2 Å². The molecule has 110 valence electrons. The van der Waals surface area contributed by atoms with Crippen LogP contribution in [0.2, 0.25) is 0 Å². The van der Waals surface area contributed by atoms with Gasteiger partial charge in [-0.25, -0.2) is 4.98 Å². The van der Waals surface area contributed by atoms with Crippen LogP contribution in [0.3, 0.4) is 0 Å². The Labute approximate surface area is 133 Å². The zero-order valence-electron chi connectivity index (χ0n) is 12.0. The van der Waals surface area contributed by atoms with Crippen LogP contribution in [-0.4, -0.2) is 17.4 Å². The molecule has 4 heteroatoms. The van der Waals surface area contributed by atoms with Crippen molar-refractivity contribution < 1.29 is 4.79 Å². The maximum absolute atomic E-state index is 12.3. The molecule has 1 heterocycles. The van der Waals surface area contributed by atoms with Crippen molar-refractivity contribution in [1.29, 1.82) is 0 Å². The second-order valence-electron chi connectivity index (χ2n) is 4.89. The van der Waals surface area contributed by atoms with Crippen molar-refractivity contribution >= 4 is 17.2 Å². The minimum atomic E-state index is -0.0581. The summed E-state index contributed by atoms with van der Waals surface area (Å²) in [7, 11) is 0. The van der Waals surface area contributed by atoms with Gasteiger partial charge in [0.2, 0.25) is 0 Å². The number of hydrogen-bond acceptors (Lipinski definition) is 3. The molecule has 22 heavy (non-hydrogen) atoms. The van der Waals surface area contributed by atoms with Crippen LogP contribution in [-0.2, 0) is 6.42 Å². The van der Waals surface area contributed by atoms with Gasteiger partial charge in [0, 0.05) is 12.1 Å². The third kappa shape index (κ3) is 3.40. The largest absolute Gasteiger partial charge is 0.351 e. The van der Waals surface area contributed by atoms with Gasteiger partial charge in [-0.05, 0) is 12.0 Å². The summed E-state index contributed by atoms with van der Waals surface area (Å²) in [4.78, 5) is 17.3. The molecule has 0 radical (unpaired) electrons. The van der Waals surface area contributed by atoms with Crippen LogP contribution in [0.25, 0.3) is 11.3 Å². The number of carbonyl (C=O) groups is 1. The van der Waals surface area contributed by atoms with Crippen molar-refractivity contribution in [2.24, 2.45) is 0 Å². The highest BCUT2D eigenvalue weighted by molar-refractivity contribution is 7.12. The van der Waals surface area contributed by atoms with Crippen LogP contribution in [0.4, 0.5) is 0 Å². The number of hydrogen-bond donors (Lipinski definition) is 1. The molecule has 0 saturated carbocycles. The van der Waals surface area contributed by atoms with Gasteiger partial charge < -0.3 is 5.32 Å².